The third-order valence-corrected chi connectivity index (χ3v) is 7.44. The molecular weight excluding hydrogens is 570 g/mol. The fourth-order valence-electron chi connectivity index (χ4n) is 4.61. The van der Waals surface area contributed by atoms with E-state index in [4.69, 9.17) is 0 Å². The minimum Gasteiger partial charge on any atom is -0.870 e. The summed E-state index contributed by atoms with van der Waals surface area (Å²) in [7, 11) is -4.47. The van der Waals surface area contributed by atoms with Gasteiger partial charge in [-0.3, -0.25) is 0 Å². The zero-order valence-corrected chi connectivity index (χ0v) is 26.7. The minimum absolute atomic E-state index is 0. The van der Waals surface area contributed by atoms with Crippen LogP contribution in [0.15, 0.2) is 35.2 Å². The van der Waals surface area contributed by atoms with E-state index < -0.39 is 10.1 Å². The van der Waals surface area contributed by atoms with Gasteiger partial charge >= 0.3 is 48.9 Å². The molecule has 0 atom stereocenters. The van der Waals surface area contributed by atoms with Crippen LogP contribution in [0.25, 0.3) is 10.8 Å². The van der Waals surface area contributed by atoms with Crippen LogP contribution in [0.2, 0.25) is 0 Å². The van der Waals surface area contributed by atoms with Crippen LogP contribution in [-0.4, -0.2) is 67.3 Å². The smallest absolute Gasteiger partial charge is 0.870 e. The zero-order valence-electron chi connectivity index (χ0n) is 21.5. The maximum absolute atomic E-state index is 12.0. The third kappa shape index (κ3) is 12.4. The normalized spacial score (nSPS) is 11.3. The van der Waals surface area contributed by atoms with Crippen LogP contribution < -0.4 is 0 Å². The Labute approximate surface area is 248 Å². The van der Waals surface area contributed by atoms with Crippen molar-refractivity contribution in [2.75, 3.05) is 0 Å². The second-order valence-corrected chi connectivity index (χ2v) is 10.6. The molecule has 0 aliphatic heterocycles. The van der Waals surface area contributed by atoms with Crippen molar-refractivity contribution in [2.45, 2.75) is 121 Å². The quantitative estimate of drug-likeness (QED) is 0.104. The van der Waals surface area contributed by atoms with E-state index in [2.05, 4.69) is 19.9 Å². The van der Waals surface area contributed by atoms with Gasteiger partial charge < -0.3 is 10.0 Å². The molecule has 34 heavy (non-hydrogen) atoms. The molecule has 0 aliphatic rings. The SMILES string of the molecule is CCCCCCCCCc1cc2c(CCCCCCCCC)cccc2cc1S(=O)(=O)[O-].[Ba+2].[OH-]. The van der Waals surface area contributed by atoms with Gasteiger partial charge in [0.1, 0.15) is 10.1 Å². The van der Waals surface area contributed by atoms with E-state index in [0.717, 1.165) is 36.5 Å². The Morgan fingerprint density at radius 2 is 1.15 bits per heavy atom. The van der Waals surface area contributed by atoms with E-state index in [1.165, 1.54) is 76.2 Å². The van der Waals surface area contributed by atoms with Crippen molar-refractivity contribution in [1.82, 2.24) is 0 Å². The summed E-state index contributed by atoms with van der Waals surface area (Å²) in [5.41, 5.74) is 1.97. The Bertz CT molecular complexity index is 912. The third-order valence-electron chi connectivity index (χ3n) is 6.52. The van der Waals surface area contributed by atoms with Gasteiger partial charge in [0.15, 0.2) is 0 Å². The van der Waals surface area contributed by atoms with E-state index >= 15 is 0 Å². The molecule has 0 aromatic heterocycles. The molecule has 0 bridgehead atoms. The molecule has 0 heterocycles. The van der Waals surface area contributed by atoms with E-state index in [1.54, 1.807) is 6.07 Å². The molecule has 0 radical (unpaired) electrons. The second-order valence-electron chi connectivity index (χ2n) is 9.29. The predicted molar refractivity (Wildman–Crippen MR) is 143 cm³/mol. The molecule has 0 amide bonds. The minimum atomic E-state index is -4.47. The zero-order chi connectivity index (χ0) is 23.2. The summed E-state index contributed by atoms with van der Waals surface area (Å²) >= 11 is 0. The van der Waals surface area contributed by atoms with Crippen LogP contribution in [0.4, 0.5) is 0 Å². The molecule has 0 fully saturated rings. The molecule has 6 heteroatoms. The number of fused-ring (bicyclic) bond motifs is 1. The summed E-state index contributed by atoms with van der Waals surface area (Å²) in [5, 5.41) is 1.98. The molecule has 0 spiro atoms. The maximum Gasteiger partial charge on any atom is 2.00 e. The number of unbranched alkanes of at least 4 members (excludes halogenated alkanes) is 12. The van der Waals surface area contributed by atoms with Gasteiger partial charge in [-0.05, 0) is 59.7 Å². The van der Waals surface area contributed by atoms with Crippen LogP contribution in [0, 0.1) is 0 Å². The number of aryl methyl sites for hydroxylation is 2. The maximum atomic E-state index is 12.0. The van der Waals surface area contributed by atoms with Crippen LogP contribution in [0.3, 0.4) is 0 Å². The Kier molecular flexibility index (Phi) is 19.4. The molecule has 0 aliphatic carbocycles. The van der Waals surface area contributed by atoms with E-state index in [1.807, 2.05) is 18.2 Å². The van der Waals surface area contributed by atoms with Gasteiger partial charge in [-0.15, -0.1) is 0 Å². The molecule has 2 aromatic rings. The first-order valence-electron chi connectivity index (χ1n) is 13.0. The van der Waals surface area contributed by atoms with Gasteiger partial charge in [-0.25, -0.2) is 8.42 Å². The standard InChI is InChI=1S/C28H44O3S.Ba.H2O/c1-3-5-7-9-11-13-15-18-24-20-17-21-25-23-28(32(29,30)31)26(22-27(24)25)19-16-14-12-10-8-6-4-2;;/h17,20-23H,3-16,18-19H2,1-2H3,(H,29,30,31);;1H2/q;+2;/p-2. The summed E-state index contributed by atoms with van der Waals surface area (Å²) in [6.07, 6.45) is 18.8. The second kappa shape index (κ2) is 19.3. The summed E-state index contributed by atoms with van der Waals surface area (Å²) in [6, 6.07) is 9.67. The van der Waals surface area contributed by atoms with Gasteiger partial charge in [0.05, 0.1) is 4.90 Å². The van der Waals surface area contributed by atoms with Crippen molar-refractivity contribution < 1.29 is 18.4 Å². The fraction of sp³-hybridized carbons (Fsp3) is 0.643. The molecule has 0 saturated heterocycles. The monoisotopic (exact) mass is 614 g/mol. The molecule has 1 N–H and O–H groups in total. The first-order valence-corrected chi connectivity index (χ1v) is 14.4. The van der Waals surface area contributed by atoms with Crippen molar-refractivity contribution in [3.05, 3.63) is 41.5 Å². The largest absolute Gasteiger partial charge is 2.00 e. The van der Waals surface area contributed by atoms with Gasteiger partial charge in [-0.1, -0.05) is 109 Å². The Morgan fingerprint density at radius 1 is 0.676 bits per heavy atom. The first-order chi connectivity index (χ1) is 15.5. The Balaban J connectivity index is 0.00000544. The molecule has 2 rings (SSSR count). The van der Waals surface area contributed by atoms with Gasteiger partial charge in [0.25, 0.3) is 0 Å². The fourth-order valence-corrected chi connectivity index (χ4v) is 5.36. The molecular formula is C28H44BaO4S. The molecule has 2 aromatic carbocycles. The van der Waals surface area contributed by atoms with Crippen LogP contribution in [-0.2, 0) is 23.0 Å². The van der Waals surface area contributed by atoms with E-state index in [-0.39, 0.29) is 59.3 Å². The van der Waals surface area contributed by atoms with Crippen LogP contribution in [0.5, 0.6) is 0 Å². The Hall–Kier alpha value is 0.141. The summed E-state index contributed by atoms with van der Waals surface area (Å²) in [5.74, 6) is 0. The topological polar surface area (TPSA) is 87.2 Å². The Morgan fingerprint density at radius 3 is 1.65 bits per heavy atom. The molecule has 0 saturated carbocycles. The average Bonchev–Trinajstić information content (AvgIpc) is 2.77. The predicted octanol–water partition coefficient (Wildman–Crippen LogP) is 7.77. The van der Waals surface area contributed by atoms with Crippen molar-refractivity contribution in [1.29, 1.82) is 0 Å². The molecule has 4 nitrogen and oxygen atoms in total. The van der Waals surface area contributed by atoms with Gasteiger partial charge in [-0.2, -0.15) is 0 Å². The molecule has 188 valence electrons. The molecule has 0 unspecified atom stereocenters. The van der Waals surface area contributed by atoms with E-state index in [0.29, 0.717) is 12.0 Å². The van der Waals surface area contributed by atoms with Crippen molar-refractivity contribution in [3.8, 4) is 0 Å². The summed E-state index contributed by atoms with van der Waals surface area (Å²) in [6.45, 7) is 4.46. The van der Waals surface area contributed by atoms with E-state index in [9.17, 15) is 13.0 Å². The van der Waals surface area contributed by atoms with Crippen LogP contribution >= 0.6 is 0 Å². The first kappa shape index (κ1) is 34.1. The number of benzene rings is 2. The average molecular weight is 614 g/mol. The number of hydrogen-bond acceptors (Lipinski definition) is 4. The van der Waals surface area contributed by atoms with Gasteiger partial charge in [0, 0.05) is 0 Å². The summed E-state index contributed by atoms with van der Waals surface area (Å²) < 4.78 is 35.9. The van der Waals surface area contributed by atoms with Crippen molar-refractivity contribution in [3.63, 3.8) is 0 Å². The van der Waals surface area contributed by atoms with Crippen LogP contribution in [0.1, 0.15) is 115 Å². The number of rotatable bonds is 17. The number of hydrogen-bond donors (Lipinski definition) is 0. The van der Waals surface area contributed by atoms with Gasteiger partial charge in [0.2, 0.25) is 0 Å². The van der Waals surface area contributed by atoms with Crippen molar-refractivity contribution in [2.24, 2.45) is 0 Å². The van der Waals surface area contributed by atoms with Crippen molar-refractivity contribution >= 4 is 69.8 Å². The summed E-state index contributed by atoms with van der Waals surface area (Å²) in [4.78, 5) is -0.0240.